The van der Waals surface area contributed by atoms with E-state index < -0.39 is 0 Å². The van der Waals surface area contributed by atoms with Gasteiger partial charge in [-0.15, -0.1) is 0 Å². The second-order valence-corrected chi connectivity index (χ2v) is 4.57. The van der Waals surface area contributed by atoms with E-state index in [1.165, 1.54) is 0 Å². The molecule has 0 radical (unpaired) electrons. The van der Waals surface area contributed by atoms with Gasteiger partial charge in [0.15, 0.2) is 0 Å². The monoisotopic (exact) mass is 237 g/mol. The zero-order chi connectivity index (χ0) is 12.4. The molecule has 0 aliphatic carbocycles. The van der Waals surface area contributed by atoms with Crippen LogP contribution in [0.3, 0.4) is 0 Å². The molecule has 17 heavy (non-hydrogen) atoms. The molecule has 0 spiro atoms. The number of nitrogens with zero attached hydrogens (tertiary/aromatic N) is 2. The van der Waals surface area contributed by atoms with Crippen LogP contribution in [-0.2, 0) is 22.5 Å². The van der Waals surface area contributed by atoms with Gasteiger partial charge in [-0.1, -0.05) is 0 Å². The lowest BCUT2D eigenvalue weighted by molar-refractivity contribution is -0.131. The Kier molecular flexibility index (Phi) is 3.47. The third-order valence-corrected chi connectivity index (χ3v) is 3.18. The Morgan fingerprint density at radius 1 is 1.71 bits per heavy atom. The van der Waals surface area contributed by atoms with E-state index in [2.05, 4.69) is 14.9 Å². The topological polar surface area (TPSA) is 56.1 Å². The highest BCUT2D eigenvalue weighted by Gasteiger charge is 2.22. The van der Waals surface area contributed by atoms with E-state index in [0.717, 1.165) is 30.9 Å². The summed E-state index contributed by atoms with van der Waals surface area (Å²) in [6.45, 7) is 4.55. The lowest BCUT2D eigenvalue weighted by Gasteiger charge is -2.25. The van der Waals surface area contributed by atoms with Gasteiger partial charge < -0.3 is 14.6 Å². The van der Waals surface area contributed by atoms with E-state index in [1.807, 2.05) is 13.1 Å². The van der Waals surface area contributed by atoms with Gasteiger partial charge in [0.25, 0.3) is 0 Å². The van der Waals surface area contributed by atoms with Gasteiger partial charge >= 0.3 is 0 Å². The summed E-state index contributed by atoms with van der Waals surface area (Å²) in [7, 11) is 1.54. The Morgan fingerprint density at radius 3 is 3.18 bits per heavy atom. The fourth-order valence-corrected chi connectivity index (χ4v) is 2.13. The first kappa shape index (κ1) is 12.1. The standard InChI is InChI=1S/C12H19N3O2/c1-8-6-15-7-10(4-5-11(15)13-8)14-12(16)9(2)17-3/h6,9-10H,4-5,7H2,1-3H3,(H,14,16)/t9-,10+/m1/s1. The van der Waals surface area contributed by atoms with Crippen LogP contribution in [-0.4, -0.2) is 34.7 Å². The normalized spacial score (nSPS) is 20.8. The molecular formula is C12H19N3O2. The minimum absolute atomic E-state index is 0.0437. The predicted octanol–water partition coefficient (Wildman–Crippen LogP) is 0.657. The largest absolute Gasteiger partial charge is 0.372 e. The molecule has 1 aliphatic heterocycles. The van der Waals surface area contributed by atoms with Crippen molar-refractivity contribution in [1.82, 2.24) is 14.9 Å². The van der Waals surface area contributed by atoms with Gasteiger partial charge in [-0.05, 0) is 20.3 Å². The van der Waals surface area contributed by atoms with Crippen LogP contribution in [0, 0.1) is 6.92 Å². The molecular weight excluding hydrogens is 218 g/mol. The van der Waals surface area contributed by atoms with Gasteiger partial charge in [-0.2, -0.15) is 0 Å². The second kappa shape index (κ2) is 4.87. The lowest BCUT2D eigenvalue weighted by atomic mass is 10.1. The first-order valence-electron chi connectivity index (χ1n) is 5.96. The number of ether oxygens (including phenoxy) is 1. The summed E-state index contributed by atoms with van der Waals surface area (Å²) < 4.78 is 7.12. The van der Waals surface area contributed by atoms with Gasteiger partial charge in [0.2, 0.25) is 5.91 Å². The molecule has 5 nitrogen and oxygen atoms in total. The molecule has 2 atom stereocenters. The molecule has 5 heteroatoms. The first-order chi connectivity index (χ1) is 8.10. The van der Waals surface area contributed by atoms with Gasteiger partial charge in [0, 0.05) is 32.3 Å². The Bertz CT molecular complexity index is 414. The average molecular weight is 237 g/mol. The highest BCUT2D eigenvalue weighted by Crippen LogP contribution is 2.15. The van der Waals surface area contributed by atoms with Crippen molar-refractivity contribution >= 4 is 5.91 Å². The summed E-state index contributed by atoms with van der Waals surface area (Å²) in [5.74, 6) is 1.07. The highest BCUT2D eigenvalue weighted by atomic mass is 16.5. The molecule has 0 fully saturated rings. The summed E-state index contributed by atoms with van der Waals surface area (Å²) in [5.41, 5.74) is 1.04. The van der Waals surface area contributed by atoms with Crippen molar-refractivity contribution in [1.29, 1.82) is 0 Å². The maximum atomic E-state index is 11.7. The predicted molar refractivity (Wildman–Crippen MR) is 63.7 cm³/mol. The number of carbonyl (C=O) groups is 1. The second-order valence-electron chi connectivity index (χ2n) is 4.57. The number of rotatable bonds is 3. The fourth-order valence-electron chi connectivity index (χ4n) is 2.13. The Labute approximate surface area is 101 Å². The highest BCUT2D eigenvalue weighted by molar-refractivity contribution is 5.80. The smallest absolute Gasteiger partial charge is 0.249 e. The molecule has 1 amide bonds. The number of hydrogen-bond donors (Lipinski definition) is 1. The molecule has 0 bridgehead atoms. The van der Waals surface area contributed by atoms with Gasteiger partial charge in [-0.3, -0.25) is 4.79 Å². The molecule has 0 saturated heterocycles. The number of imidazole rings is 1. The summed E-state index contributed by atoms with van der Waals surface area (Å²) in [5, 5.41) is 3.01. The van der Waals surface area contributed by atoms with Crippen molar-refractivity contribution in [3.63, 3.8) is 0 Å². The quantitative estimate of drug-likeness (QED) is 0.840. The first-order valence-corrected chi connectivity index (χ1v) is 5.96. The van der Waals surface area contributed by atoms with E-state index in [1.54, 1.807) is 14.0 Å². The average Bonchev–Trinajstić information content (AvgIpc) is 2.67. The number of hydrogen-bond acceptors (Lipinski definition) is 3. The van der Waals surface area contributed by atoms with E-state index in [0.29, 0.717) is 0 Å². The summed E-state index contributed by atoms with van der Waals surface area (Å²) >= 11 is 0. The Balaban J connectivity index is 1.96. The molecule has 1 aromatic rings. The van der Waals surface area contributed by atoms with E-state index in [9.17, 15) is 4.79 Å². The van der Waals surface area contributed by atoms with Crippen molar-refractivity contribution in [3.05, 3.63) is 17.7 Å². The van der Waals surface area contributed by atoms with Crippen LogP contribution < -0.4 is 5.32 Å². The van der Waals surface area contributed by atoms with Crippen LogP contribution in [0.25, 0.3) is 0 Å². The molecule has 0 aromatic carbocycles. The summed E-state index contributed by atoms with van der Waals surface area (Å²) in [6.07, 6.45) is 3.51. The van der Waals surface area contributed by atoms with Crippen molar-refractivity contribution in [3.8, 4) is 0 Å². The van der Waals surface area contributed by atoms with Crippen LogP contribution in [0.1, 0.15) is 24.9 Å². The summed E-state index contributed by atoms with van der Waals surface area (Å²) in [4.78, 5) is 16.1. The zero-order valence-corrected chi connectivity index (χ0v) is 10.6. The van der Waals surface area contributed by atoms with Crippen LogP contribution in [0.15, 0.2) is 6.20 Å². The van der Waals surface area contributed by atoms with Crippen molar-refractivity contribution in [2.45, 2.75) is 45.4 Å². The Hall–Kier alpha value is -1.36. The number of aromatic nitrogens is 2. The number of amides is 1. The lowest BCUT2D eigenvalue weighted by Crippen LogP contribution is -2.45. The van der Waals surface area contributed by atoms with Gasteiger partial charge in [0.1, 0.15) is 11.9 Å². The van der Waals surface area contributed by atoms with Crippen molar-refractivity contribution in [2.24, 2.45) is 0 Å². The molecule has 2 rings (SSSR count). The van der Waals surface area contributed by atoms with Crippen LogP contribution in [0.2, 0.25) is 0 Å². The number of fused-ring (bicyclic) bond motifs is 1. The number of nitrogens with one attached hydrogen (secondary N) is 1. The molecule has 2 heterocycles. The number of methoxy groups -OCH3 is 1. The third kappa shape index (κ3) is 2.66. The van der Waals surface area contributed by atoms with E-state index >= 15 is 0 Å². The summed E-state index contributed by atoms with van der Waals surface area (Å²) in [6, 6.07) is 0.182. The Morgan fingerprint density at radius 2 is 2.47 bits per heavy atom. The zero-order valence-electron chi connectivity index (χ0n) is 10.6. The molecule has 0 saturated carbocycles. The van der Waals surface area contributed by atoms with Crippen LogP contribution >= 0.6 is 0 Å². The van der Waals surface area contributed by atoms with E-state index in [4.69, 9.17) is 4.74 Å². The minimum Gasteiger partial charge on any atom is -0.372 e. The molecule has 1 aromatic heterocycles. The van der Waals surface area contributed by atoms with Crippen LogP contribution in [0.5, 0.6) is 0 Å². The number of carbonyl (C=O) groups excluding carboxylic acids is 1. The maximum Gasteiger partial charge on any atom is 0.249 e. The molecule has 1 N–H and O–H groups in total. The molecule has 1 aliphatic rings. The van der Waals surface area contributed by atoms with Gasteiger partial charge in [-0.25, -0.2) is 4.98 Å². The van der Waals surface area contributed by atoms with Crippen molar-refractivity contribution < 1.29 is 9.53 Å². The number of aryl methyl sites for hydroxylation is 2. The fraction of sp³-hybridized carbons (Fsp3) is 0.667. The molecule has 94 valence electrons. The maximum absolute atomic E-state index is 11.7. The molecule has 0 unspecified atom stereocenters. The van der Waals surface area contributed by atoms with E-state index in [-0.39, 0.29) is 18.1 Å². The SMILES string of the molecule is CO[C@H](C)C(=O)N[C@H]1CCc2nc(C)cn2C1. The van der Waals surface area contributed by atoms with Crippen LogP contribution in [0.4, 0.5) is 0 Å². The van der Waals surface area contributed by atoms with Crippen molar-refractivity contribution in [2.75, 3.05) is 7.11 Å². The van der Waals surface area contributed by atoms with Gasteiger partial charge in [0.05, 0.1) is 5.69 Å². The minimum atomic E-state index is -0.388. The third-order valence-electron chi connectivity index (χ3n) is 3.18.